The van der Waals surface area contributed by atoms with Crippen molar-refractivity contribution in [2.75, 3.05) is 0 Å². The molecule has 0 aromatic carbocycles. The highest BCUT2D eigenvalue weighted by Crippen LogP contribution is 2.19. The Labute approximate surface area is 115 Å². The lowest BCUT2D eigenvalue weighted by Gasteiger charge is -2.05. The molecule has 0 bridgehead atoms. The van der Waals surface area contributed by atoms with Gasteiger partial charge in [0.25, 0.3) is 5.89 Å². The molecule has 3 aromatic rings. The quantitative estimate of drug-likeness (QED) is 0.723. The first kappa shape index (κ1) is 12.5. The van der Waals surface area contributed by atoms with Crippen molar-refractivity contribution in [1.82, 2.24) is 30.1 Å². The summed E-state index contributed by atoms with van der Waals surface area (Å²) < 4.78 is 7.07. The fraction of sp³-hybridized carbons (Fsp3) is 0.308. The van der Waals surface area contributed by atoms with E-state index in [4.69, 9.17) is 4.52 Å². The molecule has 0 saturated carbocycles. The Kier molecular flexibility index (Phi) is 3.02. The fourth-order valence-corrected chi connectivity index (χ4v) is 1.79. The third kappa shape index (κ3) is 2.29. The molecular weight excluding hydrogens is 256 g/mol. The molecule has 0 amide bonds. The zero-order chi connectivity index (χ0) is 14.1. The summed E-state index contributed by atoms with van der Waals surface area (Å²) in [6.07, 6.45) is 3.72. The number of aryl methyl sites for hydroxylation is 2. The van der Waals surface area contributed by atoms with Gasteiger partial charge in [0, 0.05) is 6.20 Å². The minimum absolute atomic E-state index is 0.122. The van der Waals surface area contributed by atoms with Crippen molar-refractivity contribution in [3.8, 4) is 11.5 Å². The highest BCUT2D eigenvalue weighted by molar-refractivity contribution is 5.46. The Bertz CT molecular complexity index is 715. The van der Waals surface area contributed by atoms with Crippen LogP contribution >= 0.6 is 0 Å². The Morgan fingerprint density at radius 2 is 2.05 bits per heavy atom. The first-order valence-electron chi connectivity index (χ1n) is 6.28. The van der Waals surface area contributed by atoms with Crippen LogP contribution in [0.5, 0.6) is 0 Å². The van der Waals surface area contributed by atoms with Crippen molar-refractivity contribution in [3.63, 3.8) is 0 Å². The van der Waals surface area contributed by atoms with Crippen LogP contribution in [-0.4, -0.2) is 30.1 Å². The van der Waals surface area contributed by atoms with Gasteiger partial charge in [0.2, 0.25) is 5.82 Å². The maximum Gasteiger partial charge on any atom is 0.251 e. The lowest BCUT2D eigenvalue weighted by molar-refractivity contribution is 0.336. The predicted octanol–water partition coefficient (Wildman–Crippen LogP) is 1.95. The first-order chi connectivity index (χ1) is 9.63. The second-order valence-electron chi connectivity index (χ2n) is 4.69. The summed E-state index contributed by atoms with van der Waals surface area (Å²) in [7, 11) is 0. The maximum atomic E-state index is 5.29. The standard InChI is InChI=1S/C13H14N6O/c1-8-6-14-19(7-8)10(3)13-15-12(18-20-13)11-5-4-9(2)16-17-11/h4-7,10H,1-3H3/t10-/m0/s1. The predicted molar refractivity (Wildman–Crippen MR) is 70.8 cm³/mol. The van der Waals surface area contributed by atoms with Crippen molar-refractivity contribution in [2.45, 2.75) is 26.8 Å². The Balaban J connectivity index is 1.88. The minimum Gasteiger partial charge on any atom is -0.337 e. The van der Waals surface area contributed by atoms with Crippen LogP contribution in [0.3, 0.4) is 0 Å². The topological polar surface area (TPSA) is 82.5 Å². The van der Waals surface area contributed by atoms with Crippen LogP contribution in [-0.2, 0) is 0 Å². The third-order valence-corrected chi connectivity index (χ3v) is 2.95. The number of hydrogen-bond acceptors (Lipinski definition) is 6. The molecular formula is C13H14N6O. The summed E-state index contributed by atoms with van der Waals surface area (Å²) in [5.41, 5.74) is 2.52. The first-order valence-corrected chi connectivity index (χ1v) is 6.28. The SMILES string of the molecule is Cc1cnn([C@@H](C)c2nc(-c3ccc(C)nn3)no2)c1. The zero-order valence-corrected chi connectivity index (χ0v) is 11.5. The smallest absolute Gasteiger partial charge is 0.251 e. The average Bonchev–Trinajstić information content (AvgIpc) is 3.08. The summed E-state index contributed by atoms with van der Waals surface area (Å²) in [6.45, 7) is 5.81. The highest BCUT2D eigenvalue weighted by Gasteiger charge is 2.18. The van der Waals surface area contributed by atoms with Crippen LogP contribution in [0.2, 0.25) is 0 Å². The maximum absolute atomic E-state index is 5.29. The highest BCUT2D eigenvalue weighted by atomic mass is 16.5. The van der Waals surface area contributed by atoms with E-state index in [0.29, 0.717) is 17.4 Å². The zero-order valence-electron chi connectivity index (χ0n) is 11.5. The van der Waals surface area contributed by atoms with E-state index in [0.717, 1.165) is 11.3 Å². The van der Waals surface area contributed by atoms with E-state index in [2.05, 4.69) is 25.4 Å². The van der Waals surface area contributed by atoms with Gasteiger partial charge in [-0.3, -0.25) is 4.68 Å². The van der Waals surface area contributed by atoms with E-state index < -0.39 is 0 Å². The molecule has 0 N–H and O–H groups in total. The Morgan fingerprint density at radius 1 is 1.20 bits per heavy atom. The van der Waals surface area contributed by atoms with Gasteiger partial charge in [0.15, 0.2) is 0 Å². The minimum atomic E-state index is -0.122. The molecule has 0 aliphatic carbocycles. The molecule has 7 nitrogen and oxygen atoms in total. The number of rotatable bonds is 3. The molecule has 0 aliphatic rings. The number of nitrogens with zero attached hydrogens (tertiary/aromatic N) is 6. The van der Waals surface area contributed by atoms with E-state index in [9.17, 15) is 0 Å². The summed E-state index contributed by atoms with van der Waals surface area (Å²) in [5, 5.41) is 16.2. The van der Waals surface area contributed by atoms with Gasteiger partial charge in [-0.1, -0.05) is 5.16 Å². The van der Waals surface area contributed by atoms with Gasteiger partial charge < -0.3 is 4.52 Å². The molecule has 1 atom stereocenters. The van der Waals surface area contributed by atoms with Crippen LogP contribution in [0.4, 0.5) is 0 Å². The van der Waals surface area contributed by atoms with E-state index >= 15 is 0 Å². The van der Waals surface area contributed by atoms with Gasteiger partial charge in [-0.2, -0.15) is 15.2 Å². The van der Waals surface area contributed by atoms with Crippen molar-refractivity contribution >= 4 is 0 Å². The number of aromatic nitrogens is 6. The molecule has 7 heteroatoms. The molecule has 3 heterocycles. The van der Waals surface area contributed by atoms with Crippen LogP contribution in [0.1, 0.15) is 30.1 Å². The monoisotopic (exact) mass is 270 g/mol. The van der Waals surface area contributed by atoms with Crippen molar-refractivity contribution in [2.24, 2.45) is 0 Å². The van der Waals surface area contributed by atoms with Crippen LogP contribution in [0, 0.1) is 13.8 Å². The molecule has 0 aliphatic heterocycles. The molecule has 0 unspecified atom stereocenters. The number of hydrogen-bond donors (Lipinski definition) is 0. The van der Waals surface area contributed by atoms with Gasteiger partial charge in [0.1, 0.15) is 11.7 Å². The molecule has 102 valence electrons. The van der Waals surface area contributed by atoms with Gasteiger partial charge >= 0.3 is 0 Å². The summed E-state index contributed by atoms with van der Waals surface area (Å²) >= 11 is 0. The van der Waals surface area contributed by atoms with E-state index in [1.165, 1.54) is 0 Å². The molecule has 3 aromatic heterocycles. The lowest BCUT2D eigenvalue weighted by atomic mass is 10.3. The van der Waals surface area contributed by atoms with Gasteiger partial charge in [-0.05, 0) is 38.5 Å². The van der Waals surface area contributed by atoms with Gasteiger partial charge in [0.05, 0.1) is 11.9 Å². The summed E-state index contributed by atoms with van der Waals surface area (Å²) in [5.74, 6) is 0.925. The largest absolute Gasteiger partial charge is 0.337 e. The molecule has 0 radical (unpaired) electrons. The second kappa shape index (κ2) is 4.84. The molecule has 0 fully saturated rings. The summed E-state index contributed by atoms with van der Waals surface area (Å²) in [4.78, 5) is 4.35. The molecule has 3 rings (SSSR count). The van der Waals surface area contributed by atoms with Crippen molar-refractivity contribution in [1.29, 1.82) is 0 Å². The lowest BCUT2D eigenvalue weighted by Crippen LogP contribution is -2.07. The second-order valence-corrected chi connectivity index (χ2v) is 4.69. The average molecular weight is 270 g/mol. The third-order valence-electron chi connectivity index (χ3n) is 2.95. The normalized spacial score (nSPS) is 12.6. The van der Waals surface area contributed by atoms with Crippen molar-refractivity contribution in [3.05, 3.63) is 41.7 Å². The van der Waals surface area contributed by atoms with E-state index in [1.54, 1.807) is 10.9 Å². The molecule has 0 spiro atoms. The Hall–Kier alpha value is -2.57. The fourth-order valence-electron chi connectivity index (χ4n) is 1.79. The summed E-state index contributed by atoms with van der Waals surface area (Å²) in [6, 6.07) is 3.56. The van der Waals surface area contributed by atoms with E-state index in [-0.39, 0.29) is 6.04 Å². The van der Waals surface area contributed by atoms with Gasteiger partial charge in [-0.15, -0.1) is 5.10 Å². The molecule has 0 saturated heterocycles. The Morgan fingerprint density at radius 3 is 2.70 bits per heavy atom. The van der Waals surface area contributed by atoms with E-state index in [1.807, 2.05) is 39.1 Å². The van der Waals surface area contributed by atoms with Crippen molar-refractivity contribution < 1.29 is 4.52 Å². The van der Waals surface area contributed by atoms with Crippen LogP contribution in [0.15, 0.2) is 29.0 Å². The van der Waals surface area contributed by atoms with Crippen LogP contribution in [0.25, 0.3) is 11.5 Å². The molecule has 20 heavy (non-hydrogen) atoms. The van der Waals surface area contributed by atoms with Gasteiger partial charge in [-0.25, -0.2) is 0 Å². The van der Waals surface area contributed by atoms with Crippen LogP contribution < -0.4 is 0 Å².